The number of benzene rings is 2. The molecule has 0 spiro atoms. The van der Waals surface area contributed by atoms with Gasteiger partial charge in [-0.3, -0.25) is 4.98 Å². The lowest BCUT2D eigenvalue weighted by Crippen LogP contribution is -2.40. The normalized spacial score (nSPS) is 19.7. The maximum Gasteiger partial charge on any atom is 0.171 e. The number of fused-ring (bicyclic) bond motifs is 6. The number of halogens is 2. The van der Waals surface area contributed by atoms with E-state index in [2.05, 4.69) is 15.3 Å². The summed E-state index contributed by atoms with van der Waals surface area (Å²) in [4.78, 5) is 7.74. The van der Waals surface area contributed by atoms with Gasteiger partial charge in [0.15, 0.2) is 11.5 Å². The van der Waals surface area contributed by atoms with E-state index in [1.165, 1.54) is 6.07 Å². The van der Waals surface area contributed by atoms with Crippen LogP contribution in [-0.2, 0) is 12.8 Å². The van der Waals surface area contributed by atoms with Crippen LogP contribution in [0.1, 0.15) is 23.4 Å². The zero-order valence-corrected chi connectivity index (χ0v) is 18.4. The van der Waals surface area contributed by atoms with Gasteiger partial charge in [0.1, 0.15) is 24.3 Å². The van der Waals surface area contributed by atoms with Crippen molar-refractivity contribution in [3.63, 3.8) is 0 Å². The molecule has 2 aromatic heterocycles. The Morgan fingerprint density at radius 3 is 2.94 bits per heavy atom. The fourth-order valence-electron chi connectivity index (χ4n) is 5.11. The minimum Gasteiger partial charge on any atom is -0.486 e. The van der Waals surface area contributed by atoms with Crippen molar-refractivity contribution < 1.29 is 18.3 Å². The van der Waals surface area contributed by atoms with Gasteiger partial charge in [-0.25, -0.2) is 8.78 Å². The van der Waals surface area contributed by atoms with E-state index in [-0.39, 0.29) is 6.10 Å². The van der Waals surface area contributed by atoms with Crippen LogP contribution in [0.15, 0.2) is 36.4 Å². The zero-order valence-electron chi connectivity index (χ0n) is 18.4. The molecule has 0 saturated carbocycles. The standard InChI is InChI=1S/C26H25F2N3O2/c1-14-2-4-18-22(30-14)6-7-24-26(18)33-17(13-32-24)12-29-11-15-3-5-23-19(8-15)20-9-16(27)10-21(28)25(20)31-23/h2,4,6-7,9-10,15,17,29,31H,3,5,8,11-13H2,1H3/t15-,17+/m1/s1. The van der Waals surface area contributed by atoms with E-state index in [9.17, 15) is 8.78 Å². The highest BCUT2D eigenvalue weighted by molar-refractivity contribution is 5.88. The number of pyridine rings is 1. The molecule has 0 bridgehead atoms. The summed E-state index contributed by atoms with van der Waals surface area (Å²) in [5, 5.41) is 5.16. The first-order chi connectivity index (χ1) is 16.0. The highest BCUT2D eigenvalue weighted by atomic mass is 19.1. The third-order valence-electron chi connectivity index (χ3n) is 6.75. The molecule has 2 aromatic carbocycles. The van der Waals surface area contributed by atoms with E-state index in [0.29, 0.717) is 30.0 Å². The van der Waals surface area contributed by atoms with Crippen LogP contribution in [0.5, 0.6) is 11.5 Å². The Morgan fingerprint density at radius 2 is 2.03 bits per heavy atom. The van der Waals surface area contributed by atoms with E-state index in [4.69, 9.17) is 9.47 Å². The van der Waals surface area contributed by atoms with Crippen molar-refractivity contribution >= 4 is 21.8 Å². The van der Waals surface area contributed by atoms with Crippen LogP contribution in [-0.4, -0.2) is 35.8 Å². The van der Waals surface area contributed by atoms with Gasteiger partial charge in [-0.15, -0.1) is 0 Å². The molecule has 170 valence electrons. The Kier molecular flexibility index (Phi) is 4.94. The second kappa shape index (κ2) is 7.99. The number of nitrogens with zero attached hydrogens (tertiary/aromatic N) is 1. The van der Waals surface area contributed by atoms with Crippen molar-refractivity contribution in [1.82, 2.24) is 15.3 Å². The number of H-pyrrole nitrogens is 1. The van der Waals surface area contributed by atoms with Crippen LogP contribution >= 0.6 is 0 Å². The molecule has 5 nitrogen and oxygen atoms in total. The molecule has 4 aromatic rings. The van der Waals surface area contributed by atoms with Gasteiger partial charge in [-0.2, -0.15) is 0 Å². The molecule has 2 aliphatic rings. The van der Waals surface area contributed by atoms with E-state index in [1.807, 2.05) is 31.2 Å². The molecule has 1 aliphatic heterocycles. The molecule has 0 fully saturated rings. The van der Waals surface area contributed by atoms with Gasteiger partial charge >= 0.3 is 0 Å². The maximum absolute atomic E-state index is 14.1. The summed E-state index contributed by atoms with van der Waals surface area (Å²) in [6, 6.07) is 10.3. The highest BCUT2D eigenvalue weighted by Gasteiger charge is 2.26. The number of ether oxygens (including phenoxy) is 2. The number of rotatable bonds is 4. The second-order valence-corrected chi connectivity index (χ2v) is 9.12. The summed E-state index contributed by atoms with van der Waals surface area (Å²) >= 11 is 0. The molecule has 0 amide bonds. The molecule has 1 aliphatic carbocycles. The molecule has 0 unspecified atom stereocenters. The molecule has 0 radical (unpaired) electrons. The predicted octanol–water partition coefficient (Wildman–Crippen LogP) is 4.84. The van der Waals surface area contributed by atoms with Crippen LogP contribution < -0.4 is 14.8 Å². The Balaban J connectivity index is 1.11. The summed E-state index contributed by atoms with van der Waals surface area (Å²) in [6.07, 6.45) is 2.54. The molecule has 0 saturated heterocycles. The summed E-state index contributed by atoms with van der Waals surface area (Å²) in [5.41, 5.74) is 4.35. The van der Waals surface area contributed by atoms with Crippen LogP contribution in [0.2, 0.25) is 0 Å². The van der Waals surface area contributed by atoms with Crippen LogP contribution in [0, 0.1) is 24.5 Å². The number of aromatic amines is 1. The van der Waals surface area contributed by atoms with Gasteiger partial charge in [0, 0.05) is 34.8 Å². The van der Waals surface area contributed by atoms with Gasteiger partial charge < -0.3 is 19.8 Å². The largest absolute Gasteiger partial charge is 0.486 e. The molecule has 2 N–H and O–H groups in total. The molecule has 33 heavy (non-hydrogen) atoms. The Hall–Kier alpha value is -3.19. The fourth-order valence-corrected chi connectivity index (χ4v) is 5.11. The summed E-state index contributed by atoms with van der Waals surface area (Å²) < 4.78 is 40.2. The van der Waals surface area contributed by atoms with E-state index < -0.39 is 11.6 Å². The second-order valence-electron chi connectivity index (χ2n) is 9.12. The van der Waals surface area contributed by atoms with Crippen LogP contribution in [0.3, 0.4) is 0 Å². The molecular formula is C26H25F2N3O2. The summed E-state index contributed by atoms with van der Waals surface area (Å²) in [6.45, 7) is 3.93. The van der Waals surface area contributed by atoms with E-state index in [1.54, 1.807) is 0 Å². The number of hydrogen-bond acceptors (Lipinski definition) is 4. The lowest BCUT2D eigenvalue weighted by Gasteiger charge is -2.29. The monoisotopic (exact) mass is 449 g/mol. The lowest BCUT2D eigenvalue weighted by molar-refractivity contribution is 0.0915. The molecule has 6 rings (SSSR count). The number of nitrogens with one attached hydrogen (secondary N) is 2. The number of aryl methyl sites for hydroxylation is 2. The van der Waals surface area contributed by atoms with Crippen molar-refractivity contribution in [2.75, 3.05) is 19.7 Å². The molecule has 2 atom stereocenters. The number of aromatic nitrogens is 2. The molecular weight excluding hydrogens is 424 g/mol. The number of hydrogen-bond donors (Lipinski definition) is 2. The minimum absolute atomic E-state index is 0.0974. The SMILES string of the molecule is Cc1ccc2c3c(ccc2n1)OC[C@H](CNC[C@@H]1CCc2[nH]c4c(F)cc(F)cc4c2C1)O3. The quantitative estimate of drug-likeness (QED) is 0.468. The Bertz CT molecular complexity index is 1370. The summed E-state index contributed by atoms with van der Waals surface area (Å²) in [5.74, 6) is 0.843. The third kappa shape index (κ3) is 3.70. The Morgan fingerprint density at radius 1 is 1.12 bits per heavy atom. The topological polar surface area (TPSA) is 59.2 Å². The molecule has 3 heterocycles. The third-order valence-corrected chi connectivity index (χ3v) is 6.75. The van der Waals surface area contributed by atoms with Crippen LogP contribution in [0.4, 0.5) is 8.78 Å². The van der Waals surface area contributed by atoms with Crippen molar-refractivity contribution in [3.8, 4) is 11.5 Å². The van der Waals surface area contributed by atoms with E-state index in [0.717, 1.165) is 71.2 Å². The van der Waals surface area contributed by atoms with E-state index >= 15 is 0 Å². The van der Waals surface area contributed by atoms with Crippen molar-refractivity contribution in [3.05, 3.63) is 65.0 Å². The van der Waals surface area contributed by atoms with Crippen molar-refractivity contribution in [2.45, 2.75) is 32.3 Å². The first-order valence-corrected chi connectivity index (χ1v) is 11.4. The lowest BCUT2D eigenvalue weighted by atomic mass is 9.86. The van der Waals surface area contributed by atoms with Gasteiger partial charge in [-0.05, 0) is 74.5 Å². The fraction of sp³-hybridized carbons (Fsp3) is 0.346. The van der Waals surface area contributed by atoms with Crippen molar-refractivity contribution in [1.29, 1.82) is 0 Å². The van der Waals surface area contributed by atoms with Crippen LogP contribution in [0.25, 0.3) is 21.8 Å². The summed E-state index contributed by atoms with van der Waals surface area (Å²) in [7, 11) is 0. The van der Waals surface area contributed by atoms with Crippen molar-refractivity contribution in [2.24, 2.45) is 5.92 Å². The van der Waals surface area contributed by atoms with Gasteiger partial charge in [0.2, 0.25) is 0 Å². The minimum atomic E-state index is -0.533. The van der Waals surface area contributed by atoms with Gasteiger partial charge in [-0.1, -0.05) is 0 Å². The maximum atomic E-state index is 14.1. The Labute approximate surface area is 190 Å². The van der Waals surface area contributed by atoms with Gasteiger partial charge in [0.25, 0.3) is 0 Å². The first-order valence-electron chi connectivity index (χ1n) is 11.4. The zero-order chi connectivity index (χ0) is 22.5. The predicted molar refractivity (Wildman–Crippen MR) is 123 cm³/mol. The highest BCUT2D eigenvalue weighted by Crippen LogP contribution is 2.38. The molecule has 7 heteroatoms. The smallest absolute Gasteiger partial charge is 0.171 e. The first kappa shape index (κ1) is 20.4. The average Bonchev–Trinajstić information content (AvgIpc) is 3.17. The van der Waals surface area contributed by atoms with Gasteiger partial charge in [0.05, 0.1) is 11.0 Å². The average molecular weight is 450 g/mol.